The molecule has 0 aliphatic carbocycles. The van der Waals surface area contributed by atoms with Crippen molar-refractivity contribution in [3.05, 3.63) is 71.3 Å². The van der Waals surface area contributed by atoms with Crippen molar-refractivity contribution in [2.75, 3.05) is 16.6 Å². The first-order valence-electron chi connectivity index (χ1n) is 7.93. The second-order valence-corrected chi connectivity index (χ2v) is 5.83. The number of hydrogen-bond donors (Lipinski definition) is 5. The Labute approximate surface area is 164 Å². The Morgan fingerprint density at radius 1 is 0.893 bits per heavy atom. The Kier molecular flexibility index (Phi) is 5.82. The first kappa shape index (κ1) is 18.9. The lowest BCUT2D eigenvalue weighted by molar-refractivity contribution is 0.0954. The molecule has 0 saturated carbocycles. The van der Waals surface area contributed by atoms with Gasteiger partial charge in [-0.3, -0.25) is 36.3 Å². The lowest BCUT2D eigenvalue weighted by Gasteiger charge is -2.13. The third-order valence-corrected chi connectivity index (χ3v) is 3.74. The van der Waals surface area contributed by atoms with E-state index in [2.05, 4.69) is 36.7 Å². The van der Waals surface area contributed by atoms with Crippen molar-refractivity contribution in [1.82, 2.24) is 25.8 Å². The molecule has 142 valence electrons. The van der Waals surface area contributed by atoms with Crippen LogP contribution in [0.3, 0.4) is 0 Å². The van der Waals surface area contributed by atoms with Crippen LogP contribution in [0.25, 0.3) is 0 Å². The van der Waals surface area contributed by atoms with Gasteiger partial charge < -0.3 is 5.73 Å². The van der Waals surface area contributed by atoms with Gasteiger partial charge in [0.05, 0.1) is 0 Å². The summed E-state index contributed by atoms with van der Waals surface area (Å²) in [5, 5.41) is 0.436. The molecule has 0 unspecified atom stereocenters. The molecule has 28 heavy (non-hydrogen) atoms. The summed E-state index contributed by atoms with van der Waals surface area (Å²) in [5.74, 6) is -0.534. The number of carbonyl (C=O) groups excluding carboxylic acids is 2. The number of nitrogens with zero attached hydrogens (tertiary/aromatic N) is 3. The van der Waals surface area contributed by atoms with Crippen molar-refractivity contribution in [3.63, 3.8) is 0 Å². The third-order valence-electron chi connectivity index (χ3n) is 3.50. The molecule has 10 nitrogen and oxygen atoms in total. The maximum atomic E-state index is 12.1. The Morgan fingerprint density at radius 2 is 1.50 bits per heavy atom. The van der Waals surface area contributed by atoms with E-state index in [-0.39, 0.29) is 17.3 Å². The summed E-state index contributed by atoms with van der Waals surface area (Å²) >= 11 is 5.87. The molecule has 0 radical (unpaired) electrons. The van der Waals surface area contributed by atoms with E-state index < -0.39 is 11.8 Å². The van der Waals surface area contributed by atoms with E-state index in [1.807, 2.05) is 0 Å². The van der Waals surface area contributed by atoms with Crippen molar-refractivity contribution in [2.45, 2.75) is 0 Å². The lowest BCUT2D eigenvalue weighted by Crippen LogP contribution is -2.32. The number of aromatic nitrogens is 3. The van der Waals surface area contributed by atoms with Gasteiger partial charge in [0.2, 0.25) is 0 Å². The Morgan fingerprint density at radius 3 is 2.11 bits per heavy atom. The molecule has 11 heteroatoms. The fourth-order valence-corrected chi connectivity index (χ4v) is 2.29. The quantitative estimate of drug-likeness (QED) is 0.393. The number of amides is 2. The van der Waals surface area contributed by atoms with Gasteiger partial charge in [0, 0.05) is 28.5 Å². The molecule has 1 aromatic carbocycles. The van der Waals surface area contributed by atoms with E-state index in [0.717, 1.165) is 0 Å². The summed E-state index contributed by atoms with van der Waals surface area (Å²) in [6.45, 7) is 0. The third kappa shape index (κ3) is 4.62. The second kappa shape index (κ2) is 8.64. The molecule has 0 atom stereocenters. The molecule has 6 N–H and O–H groups in total. The zero-order chi connectivity index (χ0) is 19.9. The molecule has 0 saturated heterocycles. The monoisotopic (exact) mass is 398 g/mol. The van der Waals surface area contributed by atoms with Gasteiger partial charge in [-0.15, -0.1) is 0 Å². The number of hydrogen-bond acceptors (Lipinski definition) is 8. The molecule has 2 heterocycles. The number of rotatable bonds is 6. The van der Waals surface area contributed by atoms with Crippen molar-refractivity contribution in [1.29, 1.82) is 0 Å². The molecular formula is C17H15ClN8O2. The largest absolute Gasteiger partial charge is 0.393 e. The van der Waals surface area contributed by atoms with Crippen LogP contribution in [-0.2, 0) is 0 Å². The molecule has 0 aliphatic heterocycles. The SMILES string of the molecule is Nc1c(NNC(=O)c2ccncc2)ncnc1NNC(=O)c1cccc(Cl)c1. The molecular weight excluding hydrogens is 384 g/mol. The Bertz CT molecular complexity index is 999. The summed E-state index contributed by atoms with van der Waals surface area (Å²) < 4.78 is 0. The van der Waals surface area contributed by atoms with Gasteiger partial charge >= 0.3 is 0 Å². The molecule has 3 aromatic rings. The highest BCUT2D eigenvalue weighted by molar-refractivity contribution is 6.30. The smallest absolute Gasteiger partial charge is 0.269 e. The van der Waals surface area contributed by atoms with E-state index >= 15 is 0 Å². The van der Waals surface area contributed by atoms with Crippen LogP contribution in [0.5, 0.6) is 0 Å². The summed E-state index contributed by atoms with van der Waals surface area (Å²) in [7, 11) is 0. The van der Waals surface area contributed by atoms with Crippen LogP contribution in [0.4, 0.5) is 17.3 Å². The number of pyridine rings is 1. The van der Waals surface area contributed by atoms with Gasteiger partial charge in [-0.25, -0.2) is 9.97 Å². The van der Waals surface area contributed by atoms with E-state index in [9.17, 15) is 9.59 Å². The number of halogens is 1. The van der Waals surface area contributed by atoms with Crippen LogP contribution in [0.2, 0.25) is 5.02 Å². The maximum absolute atomic E-state index is 12.1. The van der Waals surface area contributed by atoms with Gasteiger partial charge in [-0.2, -0.15) is 0 Å². The summed E-state index contributed by atoms with van der Waals surface area (Å²) in [5.41, 5.74) is 17.0. The van der Waals surface area contributed by atoms with E-state index in [4.69, 9.17) is 17.3 Å². The number of anilines is 3. The number of nitrogen functional groups attached to an aromatic ring is 1. The molecule has 0 spiro atoms. The molecule has 0 fully saturated rings. The molecule has 2 aromatic heterocycles. The summed E-state index contributed by atoms with van der Waals surface area (Å²) in [4.78, 5) is 35.9. The highest BCUT2D eigenvalue weighted by Gasteiger charge is 2.12. The Hall–Kier alpha value is -3.92. The first-order valence-corrected chi connectivity index (χ1v) is 8.31. The summed E-state index contributed by atoms with van der Waals surface area (Å²) in [6, 6.07) is 9.55. The highest BCUT2D eigenvalue weighted by Crippen LogP contribution is 2.21. The predicted octanol–water partition coefficient (Wildman–Crippen LogP) is 1.62. The molecule has 0 aliphatic rings. The van der Waals surface area contributed by atoms with E-state index in [1.165, 1.54) is 24.8 Å². The van der Waals surface area contributed by atoms with Crippen LogP contribution >= 0.6 is 11.6 Å². The second-order valence-electron chi connectivity index (χ2n) is 5.39. The number of carbonyl (C=O) groups is 2. The van der Waals surface area contributed by atoms with Crippen LogP contribution in [0, 0.1) is 0 Å². The zero-order valence-corrected chi connectivity index (χ0v) is 15.1. The minimum Gasteiger partial charge on any atom is -0.393 e. The molecule has 3 rings (SSSR count). The predicted molar refractivity (Wildman–Crippen MR) is 104 cm³/mol. The van der Waals surface area contributed by atoms with Crippen molar-refractivity contribution >= 4 is 40.7 Å². The minimum absolute atomic E-state index is 0.0870. The van der Waals surface area contributed by atoms with Gasteiger partial charge in [0.15, 0.2) is 11.6 Å². The van der Waals surface area contributed by atoms with Crippen LogP contribution in [-0.4, -0.2) is 26.8 Å². The minimum atomic E-state index is -0.430. The first-order chi connectivity index (χ1) is 13.5. The maximum Gasteiger partial charge on any atom is 0.269 e. The normalized spacial score (nSPS) is 10.0. The fourth-order valence-electron chi connectivity index (χ4n) is 2.10. The average molecular weight is 399 g/mol. The van der Waals surface area contributed by atoms with Gasteiger partial charge in [0.1, 0.15) is 12.0 Å². The fraction of sp³-hybridized carbons (Fsp3) is 0. The molecule has 0 bridgehead atoms. The standard InChI is InChI=1S/C17H15ClN8O2/c18-12-3-1-2-11(8-12)17(28)26-24-15-13(19)14(21-9-22-15)23-25-16(27)10-4-6-20-7-5-10/h1-9H,19H2,(H,25,27)(H,26,28)(H2,21,22,23,24). The van der Waals surface area contributed by atoms with Crippen LogP contribution in [0.1, 0.15) is 20.7 Å². The van der Waals surface area contributed by atoms with Crippen molar-refractivity contribution < 1.29 is 9.59 Å². The topological polar surface area (TPSA) is 147 Å². The van der Waals surface area contributed by atoms with Gasteiger partial charge in [-0.05, 0) is 30.3 Å². The van der Waals surface area contributed by atoms with Gasteiger partial charge in [0.25, 0.3) is 11.8 Å². The molecule has 2 amide bonds. The van der Waals surface area contributed by atoms with Crippen molar-refractivity contribution in [3.8, 4) is 0 Å². The zero-order valence-electron chi connectivity index (χ0n) is 14.3. The van der Waals surface area contributed by atoms with E-state index in [1.54, 1.807) is 30.3 Å². The average Bonchev–Trinajstić information content (AvgIpc) is 2.72. The highest BCUT2D eigenvalue weighted by atomic mass is 35.5. The number of benzene rings is 1. The summed E-state index contributed by atoms with van der Waals surface area (Å²) in [6.07, 6.45) is 4.21. The Balaban J connectivity index is 1.62. The van der Waals surface area contributed by atoms with Crippen LogP contribution < -0.4 is 27.4 Å². The number of hydrazine groups is 2. The number of nitrogens with two attached hydrogens (primary N) is 1. The lowest BCUT2D eigenvalue weighted by atomic mass is 10.2. The number of nitrogens with one attached hydrogen (secondary N) is 4. The van der Waals surface area contributed by atoms with E-state index in [0.29, 0.717) is 16.1 Å². The van der Waals surface area contributed by atoms with Crippen LogP contribution in [0.15, 0.2) is 55.1 Å². The van der Waals surface area contributed by atoms with Gasteiger partial charge in [-0.1, -0.05) is 17.7 Å². The van der Waals surface area contributed by atoms with Crippen molar-refractivity contribution in [2.24, 2.45) is 0 Å².